The van der Waals surface area contributed by atoms with Crippen LogP contribution in [-0.4, -0.2) is 14.3 Å². The number of benzene rings is 1. The van der Waals surface area contributed by atoms with Crippen LogP contribution in [0.15, 0.2) is 69.0 Å². The van der Waals surface area contributed by atoms with Gasteiger partial charge >= 0.3 is 0 Å². The maximum Gasteiger partial charge on any atom is 0.286 e. The van der Waals surface area contributed by atoms with Gasteiger partial charge in [-0.05, 0) is 40.2 Å². The fourth-order valence-corrected chi connectivity index (χ4v) is 3.88. The van der Waals surface area contributed by atoms with Gasteiger partial charge in [-0.15, -0.1) is 11.8 Å². The first kappa shape index (κ1) is 15.1. The monoisotopic (exact) mass is 375 g/mol. The van der Waals surface area contributed by atoms with Gasteiger partial charge in [-0.3, -0.25) is 9.48 Å². The van der Waals surface area contributed by atoms with Crippen molar-refractivity contribution in [2.75, 3.05) is 0 Å². The average molecular weight is 376 g/mol. The van der Waals surface area contributed by atoms with Crippen LogP contribution < -0.4 is 5.56 Å². The summed E-state index contributed by atoms with van der Waals surface area (Å²) in [5, 5.41) is 0.939. The van der Waals surface area contributed by atoms with E-state index in [9.17, 15) is 4.79 Å². The van der Waals surface area contributed by atoms with Gasteiger partial charge in [0.15, 0.2) is 0 Å². The lowest BCUT2D eigenvalue weighted by atomic mass is 10.3. The molecule has 0 radical (unpaired) electrons. The third-order valence-electron chi connectivity index (χ3n) is 3.32. The molecule has 0 bridgehead atoms. The summed E-state index contributed by atoms with van der Waals surface area (Å²) < 4.78 is 4.15. The molecule has 22 heavy (non-hydrogen) atoms. The quantitative estimate of drug-likeness (QED) is 0.653. The molecular weight excluding hydrogens is 362 g/mol. The Morgan fingerprint density at radius 2 is 1.86 bits per heavy atom. The molecule has 6 heteroatoms. The highest BCUT2D eigenvalue weighted by molar-refractivity contribution is 9.10. The van der Waals surface area contributed by atoms with Gasteiger partial charge in [0.2, 0.25) is 0 Å². The number of aromatic nitrogens is 3. The molecule has 3 rings (SSSR count). The summed E-state index contributed by atoms with van der Waals surface area (Å²) in [4.78, 5) is 16.8. The Morgan fingerprint density at radius 3 is 2.55 bits per heavy atom. The number of nitrogens with zero attached hydrogens (tertiary/aromatic N) is 3. The molecule has 2 aromatic heterocycles. The largest absolute Gasteiger partial charge is 0.286 e. The molecule has 0 aliphatic rings. The number of pyridine rings is 1. The number of rotatable bonds is 4. The van der Waals surface area contributed by atoms with Gasteiger partial charge in [-0.1, -0.05) is 24.3 Å². The van der Waals surface area contributed by atoms with Crippen molar-refractivity contribution in [3.05, 3.63) is 75.2 Å². The molecule has 0 aliphatic heterocycles. The normalized spacial score (nSPS) is 10.8. The predicted molar refractivity (Wildman–Crippen MR) is 92.5 cm³/mol. The van der Waals surface area contributed by atoms with Crippen molar-refractivity contribution in [1.29, 1.82) is 0 Å². The average Bonchev–Trinajstić information content (AvgIpc) is 2.77. The van der Waals surface area contributed by atoms with Crippen LogP contribution in [0.3, 0.4) is 0 Å². The minimum Gasteiger partial charge on any atom is -0.283 e. The SMILES string of the molecule is Cn1c(CSc2ccccn2)c(Br)c(=O)n1-c1ccccc1. The fourth-order valence-electron chi connectivity index (χ4n) is 2.21. The molecule has 1 aromatic carbocycles. The van der Waals surface area contributed by atoms with Crippen LogP contribution in [0.1, 0.15) is 5.69 Å². The van der Waals surface area contributed by atoms with Gasteiger partial charge in [0.25, 0.3) is 5.56 Å². The van der Waals surface area contributed by atoms with Crippen molar-refractivity contribution >= 4 is 27.7 Å². The molecule has 0 N–H and O–H groups in total. The zero-order chi connectivity index (χ0) is 15.5. The molecule has 0 aliphatic carbocycles. The number of para-hydroxylation sites is 1. The zero-order valence-corrected chi connectivity index (χ0v) is 14.3. The van der Waals surface area contributed by atoms with E-state index in [2.05, 4.69) is 20.9 Å². The first-order chi connectivity index (χ1) is 10.7. The fraction of sp³-hybridized carbons (Fsp3) is 0.125. The van der Waals surface area contributed by atoms with Crippen LogP contribution in [0, 0.1) is 0 Å². The third kappa shape index (κ3) is 2.89. The van der Waals surface area contributed by atoms with Crippen LogP contribution in [0.25, 0.3) is 5.69 Å². The van der Waals surface area contributed by atoms with Crippen molar-refractivity contribution in [1.82, 2.24) is 14.3 Å². The van der Waals surface area contributed by atoms with Crippen LogP contribution in [0.5, 0.6) is 0 Å². The van der Waals surface area contributed by atoms with Crippen molar-refractivity contribution in [2.24, 2.45) is 7.05 Å². The van der Waals surface area contributed by atoms with Crippen molar-refractivity contribution in [3.63, 3.8) is 0 Å². The number of halogens is 1. The molecule has 3 aromatic rings. The van der Waals surface area contributed by atoms with Gasteiger partial charge in [0.05, 0.1) is 16.4 Å². The van der Waals surface area contributed by atoms with E-state index in [0.717, 1.165) is 16.4 Å². The third-order valence-corrected chi connectivity index (χ3v) is 5.07. The zero-order valence-electron chi connectivity index (χ0n) is 11.9. The van der Waals surface area contributed by atoms with E-state index in [-0.39, 0.29) is 5.56 Å². The summed E-state index contributed by atoms with van der Waals surface area (Å²) >= 11 is 5.04. The van der Waals surface area contributed by atoms with E-state index >= 15 is 0 Å². The van der Waals surface area contributed by atoms with E-state index in [1.807, 2.05) is 60.3 Å². The Bertz CT molecular complexity index is 828. The maximum atomic E-state index is 12.5. The molecule has 4 nitrogen and oxygen atoms in total. The molecule has 112 valence electrons. The highest BCUT2D eigenvalue weighted by Gasteiger charge is 2.17. The van der Waals surface area contributed by atoms with Crippen LogP contribution in [-0.2, 0) is 12.8 Å². The van der Waals surface area contributed by atoms with Crippen molar-refractivity contribution in [2.45, 2.75) is 10.8 Å². The molecular formula is C16H14BrN3OS. The highest BCUT2D eigenvalue weighted by Crippen LogP contribution is 2.24. The molecule has 0 spiro atoms. The Kier molecular flexibility index (Phi) is 4.49. The molecule has 0 atom stereocenters. The van der Waals surface area contributed by atoms with Gasteiger partial charge in [0.1, 0.15) is 4.47 Å². The Hall–Kier alpha value is -1.79. The number of hydrogen-bond acceptors (Lipinski definition) is 3. The minimum absolute atomic E-state index is 0.0506. The minimum atomic E-state index is -0.0506. The van der Waals surface area contributed by atoms with Crippen LogP contribution in [0.2, 0.25) is 0 Å². The molecule has 0 fully saturated rings. The van der Waals surface area contributed by atoms with Crippen molar-refractivity contribution in [3.8, 4) is 5.69 Å². The maximum absolute atomic E-state index is 12.5. The predicted octanol–water partition coefficient (Wildman–Crippen LogP) is 3.63. The van der Waals surface area contributed by atoms with Crippen LogP contribution >= 0.6 is 27.7 Å². The summed E-state index contributed by atoms with van der Waals surface area (Å²) in [5.41, 5.74) is 1.74. The van der Waals surface area contributed by atoms with E-state index < -0.39 is 0 Å². The van der Waals surface area contributed by atoms with Gasteiger partial charge in [-0.25, -0.2) is 9.67 Å². The smallest absolute Gasteiger partial charge is 0.283 e. The van der Waals surface area contributed by atoms with Gasteiger partial charge in [-0.2, -0.15) is 0 Å². The summed E-state index contributed by atoms with van der Waals surface area (Å²) in [5.74, 6) is 0.670. The molecule has 0 saturated heterocycles. The number of thioether (sulfide) groups is 1. The Labute approximate surface area is 140 Å². The van der Waals surface area contributed by atoms with Crippen molar-refractivity contribution < 1.29 is 0 Å². The second-order valence-corrected chi connectivity index (χ2v) is 6.48. The number of hydrogen-bond donors (Lipinski definition) is 0. The first-order valence-corrected chi connectivity index (χ1v) is 8.52. The second-order valence-electron chi connectivity index (χ2n) is 4.69. The summed E-state index contributed by atoms with van der Waals surface area (Å²) in [7, 11) is 1.90. The second kappa shape index (κ2) is 6.54. The van der Waals surface area contributed by atoms with E-state index in [4.69, 9.17) is 0 Å². The summed E-state index contributed by atoms with van der Waals surface area (Å²) in [6.45, 7) is 0. The summed E-state index contributed by atoms with van der Waals surface area (Å²) in [6, 6.07) is 15.4. The lowest BCUT2D eigenvalue weighted by molar-refractivity contribution is 0.627. The van der Waals surface area contributed by atoms with E-state index in [1.54, 1.807) is 22.6 Å². The van der Waals surface area contributed by atoms with Gasteiger partial charge < -0.3 is 0 Å². The highest BCUT2D eigenvalue weighted by atomic mass is 79.9. The Balaban J connectivity index is 1.95. The lowest BCUT2D eigenvalue weighted by Crippen LogP contribution is -2.19. The molecule has 0 amide bonds. The first-order valence-electron chi connectivity index (χ1n) is 6.74. The van der Waals surface area contributed by atoms with Gasteiger partial charge in [0, 0.05) is 19.0 Å². The van der Waals surface area contributed by atoms with E-state index in [0.29, 0.717) is 10.2 Å². The van der Waals surface area contributed by atoms with Crippen LogP contribution in [0.4, 0.5) is 0 Å². The molecule has 2 heterocycles. The topological polar surface area (TPSA) is 39.8 Å². The summed E-state index contributed by atoms with van der Waals surface area (Å²) in [6.07, 6.45) is 1.77. The molecule has 0 saturated carbocycles. The standard InChI is InChI=1S/C16H14BrN3OS/c1-19-13(11-22-14-9-5-6-10-18-14)15(17)16(21)20(19)12-7-3-2-4-8-12/h2-10H,11H2,1H3. The lowest BCUT2D eigenvalue weighted by Gasteiger charge is -2.09. The van der Waals surface area contributed by atoms with E-state index in [1.165, 1.54) is 0 Å². The molecule has 0 unspecified atom stereocenters. The Morgan fingerprint density at radius 1 is 1.14 bits per heavy atom.